The smallest absolute Gasteiger partial charge is 0.230 e. The van der Waals surface area contributed by atoms with Gasteiger partial charge in [0.05, 0.1) is 5.56 Å². The molecule has 26 heavy (non-hydrogen) atoms. The van der Waals surface area contributed by atoms with Crippen LogP contribution >= 0.6 is 0 Å². The van der Waals surface area contributed by atoms with Crippen LogP contribution in [0, 0.1) is 18.7 Å². The molecular formula is C20H24FN3O2. The Kier molecular flexibility index (Phi) is 5.71. The minimum Gasteiger partial charge on any atom is -0.438 e. The highest BCUT2D eigenvalue weighted by Crippen LogP contribution is 2.31. The summed E-state index contributed by atoms with van der Waals surface area (Å²) in [5.74, 6) is 1.61. The quantitative estimate of drug-likeness (QED) is 0.341. The molecule has 1 N–H and O–H groups in total. The molecule has 0 unspecified atom stereocenters. The molecule has 1 heterocycles. The topological polar surface area (TPSA) is 58.0 Å². The Balaban J connectivity index is 1.92. The molecule has 0 spiro atoms. The van der Waals surface area contributed by atoms with Crippen molar-refractivity contribution in [3.8, 4) is 11.6 Å². The monoisotopic (exact) mass is 357 g/mol. The van der Waals surface area contributed by atoms with Crippen LogP contribution in [0.25, 0.3) is 0 Å². The van der Waals surface area contributed by atoms with Crippen LogP contribution in [-0.2, 0) is 0 Å². The molecule has 0 bridgehead atoms. The van der Waals surface area contributed by atoms with Gasteiger partial charge in [-0.2, -0.15) is 0 Å². The second kappa shape index (κ2) is 8.17. The molecule has 1 aromatic heterocycles. The van der Waals surface area contributed by atoms with Gasteiger partial charge in [-0.3, -0.25) is 0 Å². The van der Waals surface area contributed by atoms with Gasteiger partial charge in [-0.15, -0.1) is 0 Å². The molecule has 2 aromatic rings. The normalized spacial score (nSPS) is 14.3. The fraction of sp³-hybridized carbons (Fsp3) is 0.400. The molecule has 1 saturated carbocycles. The van der Waals surface area contributed by atoms with Crippen LogP contribution in [0.15, 0.2) is 41.6 Å². The molecule has 6 heteroatoms. The van der Waals surface area contributed by atoms with Crippen LogP contribution < -0.4 is 4.74 Å². The second-order valence-electron chi connectivity index (χ2n) is 6.67. The summed E-state index contributed by atoms with van der Waals surface area (Å²) in [6.45, 7) is 5.61. The van der Waals surface area contributed by atoms with Crippen LogP contribution in [-0.4, -0.2) is 34.0 Å². The zero-order valence-electron chi connectivity index (χ0n) is 15.2. The van der Waals surface area contributed by atoms with E-state index in [2.05, 4.69) is 22.0 Å². The third-order valence-corrected chi connectivity index (χ3v) is 4.33. The molecule has 0 atom stereocenters. The Labute approximate surface area is 153 Å². The van der Waals surface area contributed by atoms with E-state index in [1.165, 1.54) is 25.0 Å². The van der Waals surface area contributed by atoms with Gasteiger partial charge in [-0.1, -0.05) is 12.1 Å². The maximum Gasteiger partial charge on any atom is 0.230 e. The number of hydrogen-bond donors (Lipinski definition) is 1. The van der Waals surface area contributed by atoms with Crippen molar-refractivity contribution in [3.05, 3.63) is 53.5 Å². The number of pyridine rings is 1. The average Bonchev–Trinajstić information content (AvgIpc) is 3.43. The summed E-state index contributed by atoms with van der Waals surface area (Å²) in [4.78, 5) is 6.55. The Bertz CT molecular complexity index is 773. The number of nitrogens with zero attached hydrogens (tertiary/aromatic N) is 3. The first-order valence-corrected chi connectivity index (χ1v) is 8.99. The summed E-state index contributed by atoms with van der Waals surface area (Å²) in [5, 5.41) is 13.3. The van der Waals surface area contributed by atoms with Crippen molar-refractivity contribution in [2.24, 2.45) is 11.1 Å². The Hall–Kier alpha value is -2.63. The third kappa shape index (κ3) is 4.50. The lowest BCUT2D eigenvalue weighted by molar-refractivity contribution is 0.296. The number of hydrogen-bond acceptors (Lipinski definition) is 4. The molecule has 1 aromatic carbocycles. The van der Waals surface area contributed by atoms with Crippen molar-refractivity contribution in [2.45, 2.75) is 33.1 Å². The van der Waals surface area contributed by atoms with Gasteiger partial charge in [-0.05, 0) is 68.5 Å². The van der Waals surface area contributed by atoms with Gasteiger partial charge in [-0.25, -0.2) is 9.37 Å². The summed E-state index contributed by atoms with van der Waals surface area (Å²) in [6, 6.07) is 9.48. The highest BCUT2D eigenvalue weighted by molar-refractivity contribution is 6.00. The highest BCUT2D eigenvalue weighted by Gasteiger charge is 2.28. The first-order valence-electron chi connectivity index (χ1n) is 8.99. The van der Waals surface area contributed by atoms with Crippen LogP contribution in [0.2, 0.25) is 0 Å². The van der Waals surface area contributed by atoms with Gasteiger partial charge in [0.2, 0.25) is 5.88 Å². The van der Waals surface area contributed by atoms with E-state index >= 15 is 0 Å². The van der Waals surface area contributed by atoms with Crippen LogP contribution in [0.4, 0.5) is 4.39 Å². The molecule has 1 aliphatic carbocycles. The van der Waals surface area contributed by atoms with Crippen molar-refractivity contribution in [1.82, 2.24) is 9.88 Å². The number of halogens is 1. The van der Waals surface area contributed by atoms with E-state index in [-0.39, 0.29) is 5.82 Å². The van der Waals surface area contributed by atoms with Gasteiger partial charge in [0.1, 0.15) is 11.6 Å². The van der Waals surface area contributed by atoms with Gasteiger partial charge in [0.25, 0.3) is 0 Å². The summed E-state index contributed by atoms with van der Waals surface area (Å²) >= 11 is 0. The SMILES string of the molecule is CCCN(CC1CC1)/C(=N\O)c1ccc(C)nc1Oc1ccc(F)cc1. The van der Waals surface area contributed by atoms with E-state index in [1.807, 2.05) is 19.1 Å². The Morgan fingerprint density at radius 2 is 2.00 bits per heavy atom. The molecule has 1 fully saturated rings. The fourth-order valence-electron chi connectivity index (χ4n) is 2.85. The molecule has 0 radical (unpaired) electrons. The number of rotatable bonds is 7. The molecule has 1 aliphatic rings. The lowest BCUT2D eigenvalue weighted by Crippen LogP contribution is -2.34. The predicted molar refractivity (Wildman–Crippen MR) is 98.4 cm³/mol. The number of aromatic nitrogens is 1. The maximum atomic E-state index is 13.1. The lowest BCUT2D eigenvalue weighted by Gasteiger charge is -2.25. The van der Waals surface area contributed by atoms with E-state index < -0.39 is 0 Å². The molecule has 0 aliphatic heterocycles. The minimum absolute atomic E-state index is 0.328. The fourth-order valence-corrected chi connectivity index (χ4v) is 2.85. The Morgan fingerprint density at radius 3 is 2.62 bits per heavy atom. The first kappa shape index (κ1) is 18.2. The van der Waals surface area contributed by atoms with Gasteiger partial charge in [0, 0.05) is 18.8 Å². The largest absolute Gasteiger partial charge is 0.438 e. The molecule has 5 nitrogen and oxygen atoms in total. The predicted octanol–water partition coefficient (Wildman–Crippen LogP) is 4.58. The number of aryl methyl sites for hydroxylation is 1. The summed E-state index contributed by atoms with van der Waals surface area (Å²) in [5.41, 5.74) is 1.41. The first-order chi connectivity index (χ1) is 12.6. The van der Waals surface area contributed by atoms with Crippen molar-refractivity contribution >= 4 is 5.84 Å². The van der Waals surface area contributed by atoms with E-state index in [0.717, 1.165) is 25.2 Å². The summed E-state index contributed by atoms with van der Waals surface area (Å²) in [7, 11) is 0. The van der Waals surface area contributed by atoms with Gasteiger partial charge < -0.3 is 14.8 Å². The van der Waals surface area contributed by atoms with E-state index in [0.29, 0.717) is 28.9 Å². The summed E-state index contributed by atoms with van der Waals surface area (Å²) in [6.07, 6.45) is 3.37. The zero-order valence-corrected chi connectivity index (χ0v) is 15.2. The van der Waals surface area contributed by atoms with Crippen molar-refractivity contribution in [1.29, 1.82) is 0 Å². The van der Waals surface area contributed by atoms with Crippen molar-refractivity contribution in [2.75, 3.05) is 13.1 Å². The van der Waals surface area contributed by atoms with Gasteiger partial charge >= 0.3 is 0 Å². The van der Waals surface area contributed by atoms with E-state index in [1.54, 1.807) is 12.1 Å². The standard InChI is InChI=1S/C20H24FN3O2/c1-3-12-24(13-15-5-6-15)19(23-25)18-11-4-14(2)22-20(18)26-17-9-7-16(21)8-10-17/h4,7-11,15,25H,3,5-6,12-13H2,1-2H3/b23-19-. The number of benzene rings is 1. The van der Waals surface area contributed by atoms with E-state index in [4.69, 9.17) is 4.74 Å². The van der Waals surface area contributed by atoms with Crippen molar-refractivity contribution < 1.29 is 14.3 Å². The number of ether oxygens (including phenoxy) is 1. The molecule has 0 saturated heterocycles. The number of amidine groups is 1. The molecule has 0 amide bonds. The maximum absolute atomic E-state index is 13.1. The Morgan fingerprint density at radius 1 is 1.27 bits per heavy atom. The molecule has 138 valence electrons. The van der Waals surface area contributed by atoms with Crippen LogP contribution in [0.5, 0.6) is 11.6 Å². The molecular weight excluding hydrogens is 333 g/mol. The zero-order chi connectivity index (χ0) is 18.5. The van der Waals surface area contributed by atoms with Crippen LogP contribution in [0.3, 0.4) is 0 Å². The van der Waals surface area contributed by atoms with Crippen LogP contribution in [0.1, 0.15) is 37.4 Å². The lowest BCUT2D eigenvalue weighted by atomic mass is 10.2. The summed E-state index contributed by atoms with van der Waals surface area (Å²) < 4.78 is 19.0. The number of oxime groups is 1. The van der Waals surface area contributed by atoms with E-state index in [9.17, 15) is 9.60 Å². The highest BCUT2D eigenvalue weighted by atomic mass is 19.1. The third-order valence-electron chi connectivity index (χ3n) is 4.33. The average molecular weight is 357 g/mol. The second-order valence-corrected chi connectivity index (χ2v) is 6.67. The molecule has 3 rings (SSSR count). The van der Waals surface area contributed by atoms with Gasteiger partial charge in [0.15, 0.2) is 5.84 Å². The minimum atomic E-state index is -0.328. The van der Waals surface area contributed by atoms with Crippen molar-refractivity contribution in [3.63, 3.8) is 0 Å².